The predicted octanol–water partition coefficient (Wildman–Crippen LogP) is 2.28. The molecule has 2 aromatic rings. The summed E-state index contributed by atoms with van der Waals surface area (Å²) in [7, 11) is 0. The van der Waals surface area contributed by atoms with Crippen LogP contribution in [0.4, 0.5) is 22.0 Å². The smallest absolute Gasteiger partial charge is 0.460 e. The number of carbonyl (C=O) groups is 2. The summed E-state index contributed by atoms with van der Waals surface area (Å²) >= 11 is 0. The molecular formula is C19H18F5N2O3+. The maximum absolute atomic E-state index is 14.0. The van der Waals surface area contributed by atoms with E-state index in [1.807, 2.05) is 0 Å². The van der Waals surface area contributed by atoms with Gasteiger partial charge in [-0.1, -0.05) is 36.4 Å². The van der Waals surface area contributed by atoms with Crippen molar-refractivity contribution in [2.75, 3.05) is 6.61 Å². The van der Waals surface area contributed by atoms with E-state index in [4.69, 9.17) is 0 Å². The monoisotopic (exact) mass is 417 g/mol. The van der Waals surface area contributed by atoms with E-state index in [1.54, 1.807) is 18.2 Å². The zero-order valence-corrected chi connectivity index (χ0v) is 15.2. The quantitative estimate of drug-likeness (QED) is 0.413. The van der Waals surface area contributed by atoms with Crippen LogP contribution in [0, 0.1) is 11.6 Å². The topological polar surface area (TPSA) is 72.0 Å². The van der Waals surface area contributed by atoms with Gasteiger partial charge >= 0.3 is 17.8 Å². The van der Waals surface area contributed by atoms with Gasteiger partial charge in [0.1, 0.15) is 23.7 Å². The zero-order valence-electron chi connectivity index (χ0n) is 15.2. The number of alkyl halides is 3. The first-order valence-electron chi connectivity index (χ1n) is 8.51. The molecule has 0 unspecified atom stereocenters. The zero-order chi connectivity index (χ0) is 21.7. The number of hydrogen-bond donors (Lipinski definition) is 2. The first kappa shape index (κ1) is 22.3. The van der Waals surface area contributed by atoms with Gasteiger partial charge in [-0.15, -0.1) is 0 Å². The Morgan fingerprint density at radius 3 is 2.10 bits per heavy atom. The highest BCUT2D eigenvalue weighted by molar-refractivity contribution is 5.98. The van der Waals surface area contributed by atoms with Gasteiger partial charge in [-0.2, -0.15) is 13.2 Å². The molecule has 0 saturated carbocycles. The van der Waals surface area contributed by atoms with Crippen molar-refractivity contribution < 1.29 is 41.6 Å². The summed E-state index contributed by atoms with van der Waals surface area (Å²) in [4.78, 5) is 24.6. The van der Waals surface area contributed by atoms with Gasteiger partial charge in [0.2, 0.25) is 0 Å². The number of rotatable bonds is 7. The fourth-order valence-corrected chi connectivity index (χ4v) is 2.57. The summed E-state index contributed by atoms with van der Waals surface area (Å²) in [5.41, 5.74) is -4.43. The molecule has 0 spiro atoms. The average Bonchev–Trinajstić information content (AvgIpc) is 2.65. The van der Waals surface area contributed by atoms with Crippen molar-refractivity contribution >= 4 is 11.9 Å². The Balaban J connectivity index is 2.46. The summed E-state index contributed by atoms with van der Waals surface area (Å²) in [5.74, 6) is -6.29. The molecule has 2 aromatic carbocycles. The van der Waals surface area contributed by atoms with Gasteiger partial charge in [0.15, 0.2) is 0 Å². The number of nitrogens with one attached hydrogen (secondary N) is 1. The van der Waals surface area contributed by atoms with Crippen LogP contribution >= 0.6 is 0 Å². The van der Waals surface area contributed by atoms with Gasteiger partial charge < -0.3 is 10.1 Å². The summed E-state index contributed by atoms with van der Waals surface area (Å²) in [6.07, 6.45) is -5.34. The lowest BCUT2D eigenvalue weighted by Gasteiger charge is -2.31. The Morgan fingerprint density at radius 1 is 1.00 bits per heavy atom. The first-order valence-corrected chi connectivity index (χ1v) is 8.51. The fraction of sp³-hybridized carbons (Fsp3) is 0.263. The minimum absolute atomic E-state index is 0.376. The lowest BCUT2D eigenvalue weighted by atomic mass is 10.1. The summed E-state index contributed by atoms with van der Waals surface area (Å²) < 4.78 is 74.2. The second-order valence-corrected chi connectivity index (χ2v) is 5.97. The molecule has 3 N–H and O–H groups in total. The standard InChI is InChI=1S/C19H17F5N2O3/c1-2-29-17(28)18(19(22,23)24,25-11-12-7-4-3-5-8-12)26-16(27)15-13(20)9-6-10-14(15)21/h3-10,25H,2,11H2,1H3,(H,26,27)/p+1/t18-/m1/s1. The lowest BCUT2D eigenvalue weighted by molar-refractivity contribution is -0.757. The summed E-state index contributed by atoms with van der Waals surface area (Å²) in [6, 6.07) is 10.2. The summed E-state index contributed by atoms with van der Waals surface area (Å²) in [6.45, 7) is 0.507. The van der Waals surface area contributed by atoms with Crippen LogP contribution in [0.15, 0.2) is 48.5 Å². The molecule has 0 heterocycles. The minimum Gasteiger partial charge on any atom is -0.460 e. The van der Waals surface area contributed by atoms with E-state index in [0.29, 0.717) is 23.0 Å². The van der Waals surface area contributed by atoms with Crippen molar-refractivity contribution in [1.82, 2.24) is 5.32 Å². The van der Waals surface area contributed by atoms with Crippen LogP contribution in [0.3, 0.4) is 0 Å². The lowest BCUT2D eigenvalue weighted by Crippen LogP contribution is -3.06. The molecule has 2 rings (SSSR count). The Bertz CT molecular complexity index is 854. The molecule has 0 aliphatic heterocycles. The highest BCUT2D eigenvalue weighted by Crippen LogP contribution is 2.28. The van der Waals surface area contributed by atoms with Crippen LogP contribution in [0.5, 0.6) is 0 Å². The molecule has 0 aliphatic rings. The molecule has 1 amide bonds. The highest BCUT2D eigenvalue weighted by Gasteiger charge is 2.67. The number of amides is 1. The Labute approximate surface area is 162 Å². The van der Waals surface area contributed by atoms with E-state index in [-0.39, 0.29) is 6.54 Å². The fourth-order valence-electron chi connectivity index (χ4n) is 2.57. The minimum atomic E-state index is -5.34. The Kier molecular flexibility index (Phi) is 6.91. The van der Waals surface area contributed by atoms with Crippen LogP contribution in [0.1, 0.15) is 22.8 Å². The highest BCUT2D eigenvalue weighted by atomic mass is 19.4. The molecular weight excluding hydrogens is 399 g/mol. The molecule has 5 nitrogen and oxygen atoms in total. The van der Waals surface area contributed by atoms with Crippen molar-refractivity contribution in [3.63, 3.8) is 0 Å². The molecule has 10 heteroatoms. The second-order valence-electron chi connectivity index (χ2n) is 5.97. The number of halogens is 5. The van der Waals surface area contributed by atoms with Crippen LogP contribution < -0.4 is 10.6 Å². The molecule has 29 heavy (non-hydrogen) atoms. The van der Waals surface area contributed by atoms with E-state index in [9.17, 15) is 31.5 Å². The van der Waals surface area contributed by atoms with E-state index in [0.717, 1.165) is 6.07 Å². The Hall–Kier alpha value is -3.01. The number of quaternary nitrogens is 1. The van der Waals surface area contributed by atoms with Gasteiger partial charge in [0.25, 0.3) is 5.91 Å². The third-order valence-corrected chi connectivity index (χ3v) is 4.03. The van der Waals surface area contributed by atoms with Crippen LogP contribution in [-0.4, -0.2) is 30.3 Å². The van der Waals surface area contributed by atoms with Gasteiger partial charge in [0, 0.05) is 5.56 Å². The molecule has 0 radical (unpaired) electrons. The largest absolute Gasteiger partial charge is 0.478 e. The first-order chi connectivity index (χ1) is 13.6. The van der Waals surface area contributed by atoms with Crippen LogP contribution in [0.2, 0.25) is 0 Å². The molecule has 0 bridgehead atoms. The van der Waals surface area contributed by atoms with E-state index in [1.165, 1.54) is 24.4 Å². The maximum Gasteiger partial charge on any atom is 0.478 e. The van der Waals surface area contributed by atoms with Crippen molar-refractivity contribution in [1.29, 1.82) is 0 Å². The normalized spacial score (nSPS) is 13.4. The van der Waals surface area contributed by atoms with Crippen LogP contribution in [-0.2, 0) is 16.1 Å². The van der Waals surface area contributed by atoms with Crippen molar-refractivity contribution in [3.05, 3.63) is 71.3 Å². The molecule has 1 atom stereocenters. The maximum atomic E-state index is 14.0. The molecule has 0 aliphatic carbocycles. The van der Waals surface area contributed by atoms with Crippen LogP contribution in [0.25, 0.3) is 0 Å². The molecule has 0 fully saturated rings. The second kappa shape index (κ2) is 8.99. The molecule has 0 saturated heterocycles. The van der Waals surface area contributed by atoms with E-state index < -0.39 is 47.5 Å². The summed E-state index contributed by atoms with van der Waals surface area (Å²) in [5, 5.41) is 1.96. The third kappa shape index (κ3) is 4.89. The van der Waals surface area contributed by atoms with Gasteiger partial charge in [-0.3, -0.25) is 10.1 Å². The number of hydrogen-bond acceptors (Lipinski definition) is 3. The van der Waals surface area contributed by atoms with E-state index in [2.05, 4.69) is 4.74 Å². The molecule has 0 aromatic heterocycles. The van der Waals surface area contributed by atoms with Crippen molar-refractivity contribution in [2.45, 2.75) is 25.3 Å². The van der Waals surface area contributed by atoms with Crippen molar-refractivity contribution in [3.8, 4) is 0 Å². The van der Waals surface area contributed by atoms with E-state index >= 15 is 0 Å². The number of nitrogens with two attached hydrogens (primary N) is 1. The van der Waals surface area contributed by atoms with Crippen molar-refractivity contribution in [2.24, 2.45) is 0 Å². The van der Waals surface area contributed by atoms with Gasteiger partial charge in [-0.25, -0.2) is 13.6 Å². The number of esters is 1. The number of benzene rings is 2. The van der Waals surface area contributed by atoms with Gasteiger partial charge in [0.05, 0.1) is 6.61 Å². The predicted molar refractivity (Wildman–Crippen MR) is 91.3 cm³/mol. The number of carbonyl (C=O) groups excluding carboxylic acids is 2. The Morgan fingerprint density at radius 2 is 1.59 bits per heavy atom. The third-order valence-electron chi connectivity index (χ3n) is 4.03. The number of ether oxygens (including phenoxy) is 1. The molecule has 156 valence electrons. The average molecular weight is 417 g/mol. The van der Waals surface area contributed by atoms with Gasteiger partial charge in [-0.05, 0) is 19.1 Å². The SMILES string of the molecule is CCOC(=O)[C@](NC(=O)c1c(F)cccc1F)([NH2+]Cc1ccccc1)C(F)(F)F.